The average Bonchev–Trinajstić information content (AvgIpc) is 3.02. The Balaban J connectivity index is 1.95. The fourth-order valence-electron chi connectivity index (χ4n) is 2.49. The number of carbonyl (C=O) groups is 1. The van der Waals surface area contributed by atoms with Crippen LogP contribution in [0.15, 0.2) is 23.4 Å². The summed E-state index contributed by atoms with van der Waals surface area (Å²) >= 11 is 1.35. The SMILES string of the molecule is Cc1cccc(-n2nnnc2SCC(=O)N[C@H](C)CCC(C)C)c1C. The van der Waals surface area contributed by atoms with E-state index in [9.17, 15) is 4.79 Å². The third kappa shape index (κ3) is 5.56. The number of amides is 1. The average molecular weight is 362 g/mol. The third-order valence-corrected chi connectivity index (χ3v) is 5.08. The maximum atomic E-state index is 12.2. The Morgan fingerprint density at radius 3 is 2.72 bits per heavy atom. The summed E-state index contributed by atoms with van der Waals surface area (Å²) < 4.78 is 1.70. The van der Waals surface area contributed by atoms with Gasteiger partial charge in [-0.2, -0.15) is 4.68 Å². The van der Waals surface area contributed by atoms with Crippen LogP contribution in [0.1, 0.15) is 44.7 Å². The molecular formula is C18H27N5OS. The fraction of sp³-hybridized carbons (Fsp3) is 0.556. The lowest BCUT2D eigenvalue weighted by atomic mass is 10.0. The smallest absolute Gasteiger partial charge is 0.230 e. The summed E-state index contributed by atoms with van der Waals surface area (Å²) in [6.07, 6.45) is 2.10. The molecule has 7 heteroatoms. The molecule has 0 aliphatic heterocycles. The van der Waals surface area contributed by atoms with E-state index in [0.29, 0.717) is 16.8 Å². The molecule has 6 nitrogen and oxygen atoms in total. The highest BCUT2D eigenvalue weighted by molar-refractivity contribution is 7.99. The number of benzene rings is 1. The number of hydrogen-bond donors (Lipinski definition) is 1. The Kier molecular flexibility index (Phi) is 6.99. The molecule has 2 rings (SSSR count). The van der Waals surface area contributed by atoms with Crippen molar-refractivity contribution in [2.75, 3.05) is 5.75 Å². The van der Waals surface area contributed by atoms with Crippen molar-refractivity contribution in [1.82, 2.24) is 25.5 Å². The number of nitrogens with one attached hydrogen (secondary N) is 1. The quantitative estimate of drug-likeness (QED) is 0.730. The van der Waals surface area contributed by atoms with Gasteiger partial charge in [-0.15, -0.1) is 5.10 Å². The molecule has 1 atom stereocenters. The third-order valence-electron chi connectivity index (χ3n) is 4.16. The lowest BCUT2D eigenvalue weighted by Gasteiger charge is -2.15. The van der Waals surface area contributed by atoms with Gasteiger partial charge >= 0.3 is 0 Å². The number of aryl methyl sites for hydroxylation is 1. The van der Waals surface area contributed by atoms with Crippen LogP contribution < -0.4 is 5.32 Å². The molecular weight excluding hydrogens is 334 g/mol. The van der Waals surface area contributed by atoms with Gasteiger partial charge in [0.25, 0.3) is 0 Å². The number of thioether (sulfide) groups is 1. The van der Waals surface area contributed by atoms with Crippen molar-refractivity contribution in [2.45, 2.75) is 58.7 Å². The van der Waals surface area contributed by atoms with E-state index in [4.69, 9.17) is 0 Å². The highest BCUT2D eigenvalue weighted by Gasteiger charge is 2.15. The second-order valence-electron chi connectivity index (χ2n) is 6.82. The highest BCUT2D eigenvalue weighted by Crippen LogP contribution is 2.22. The van der Waals surface area contributed by atoms with Crippen LogP contribution in [0.5, 0.6) is 0 Å². The van der Waals surface area contributed by atoms with Crippen LogP contribution >= 0.6 is 11.8 Å². The Labute approximate surface area is 153 Å². The summed E-state index contributed by atoms with van der Waals surface area (Å²) in [6, 6.07) is 6.21. The Bertz CT molecular complexity index is 713. The van der Waals surface area contributed by atoms with Crippen LogP contribution in [0.4, 0.5) is 0 Å². The van der Waals surface area contributed by atoms with Crippen molar-refractivity contribution < 1.29 is 4.79 Å². The molecule has 2 aromatic rings. The van der Waals surface area contributed by atoms with E-state index in [1.807, 2.05) is 26.0 Å². The molecule has 0 saturated heterocycles. The predicted octanol–water partition coefficient (Wildman–Crippen LogP) is 3.31. The van der Waals surface area contributed by atoms with Crippen LogP contribution in [-0.2, 0) is 4.79 Å². The molecule has 1 aromatic carbocycles. The van der Waals surface area contributed by atoms with Crippen molar-refractivity contribution in [3.63, 3.8) is 0 Å². The van der Waals surface area contributed by atoms with E-state index in [-0.39, 0.29) is 11.9 Å². The molecule has 0 fully saturated rings. The number of rotatable bonds is 8. The first-order valence-electron chi connectivity index (χ1n) is 8.65. The summed E-state index contributed by atoms with van der Waals surface area (Å²) in [5.41, 5.74) is 3.25. The predicted molar refractivity (Wildman–Crippen MR) is 101 cm³/mol. The molecule has 25 heavy (non-hydrogen) atoms. The zero-order valence-corrected chi connectivity index (χ0v) is 16.4. The van der Waals surface area contributed by atoms with Crippen LogP contribution in [0.2, 0.25) is 0 Å². The van der Waals surface area contributed by atoms with E-state index >= 15 is 0 Å². The Morgan fingerprint density at radius 1 is 1.24 bits per heavy atom. The summed E-state index contributed by atoms with van der Waals surface area (Å²) in [6.45, 7) is 10.5. The molecule has 0 radical (unpaired) electrons. The lowest BCUT2D eigenvalue weighted by molar-refractivity contribution is -0.119. The molecule has 136 valence electrons. The van der Waals surface area contributed by atoms with Gasteiger partial charge in [-0.05, 0) is 67.2 Å². The zero-order chi connectivity index (χ0) is 18.4. The molecule has 1 heterocycles. The molecule has 0 bridgehead atoms. The molecule has 0 aliphatic rings. The van der Waals surface area contributed by atoms with Crippen LogP contribution in [0, 0.1) is 19.8 Å². The monoisotopic (exact) mass is 361 g/mol. The first kappa shape index (κ1) is 19.4. The van der Waals surface area contributed by atoms with E-state index in [1.165, 1.54) is 17.3 Å². The second kappa shape index (κ2) is 8.99. The number of carbonyl (C=O) groups excluding carboxylic acids is 1. The van der Waals surface area contributed by atoms with Crippen molar-refractivity contribution in [3.8, 4) is 5.69 Å². The van der Waals surface area contributed by atoms with Crippen LogP contribution in [0.3, 0.4) is 0 Å². The van der Waals surface area contributed by atoms with E-state index in [2.05, 4.69) is 47.7 Å². The van der Waals surface area contributed by atoms with Gasteiger partial charge in [-0.1, -0.05) is 37.7 Å². The van der Waals surface area contributed by atoms with Crippen LogP contribution in [-0.4, -0.2) is 37.9 Å². The topological polar surface area (TPSA) is 72.7 Å². The minimum Gasteiger partial charge on any atom is -0.353 e. The van der Waals surface area contributed by atoms with E-state index in [0.717, 1.165) is 24.1 Å². The minimum atomic E-state index is 0.0109. The van der Waals surface area contributed by atoms with Gasteiger partial charge in [0.05, 0.1) is 11.4 Å². The summed E-state index contributed by atoms with van der Waals surface area (Å²) in [5.74, 6) is 0.963. The van der Waals surface area contributed by atoms with E-state index in [1.54, 1.807) is 4.68 Å². The van der Waals surface area contributed by atoms with Gasteiger partial charge in [0.2, 0.25) is 11.1 Å². The van der Waals surface area contributed by atoms with Crippen molar-refractivity contribution in [1.29, 1.82) is 0 Å². The summed E-state index contributed by atoms with van der Waals surface area (Å²) in [4.78, 5) is 12.2. The largest absolute Gasteiger partial charge is 0.353 e. The minimum absolute atomic E-state index is 0.0109. The number of tetrazole rings is 1. The molecule has 0 aliphatic carbocycles. The fourth-order valence-corrected chi connectivity index (χ4v) is 3.18. The zero-order valence-electron chi connectivity index (χ0n) is 15.6. The van der Waals surface area contributed by atoms with Gasteiger partial charge in [0.15, 0.2) is 0 Å². The molecule has 1 N–H and O–H groups in total. The van der Waals surface area contributed by atoms with Crippen molar-refractivity contribution in [2.24, 2.45) is 5.92 Å². The lowest BCUT2D eigenvalue weighted by Crippen LogP contribution is -2.34. The Morgan fingerprint density at radius 2 is 2.00 bits per heavy atom. The van der Waals surface area contributed by atoms with Crippen molar-refractivity contribution in [3.05, 3.63) is 29.3 Å². The van der Waals surface area contributed by atoms with Gasteiger partial charge in [0.1, 0.15) is 0 Å². The highest BCUT2D eigenvalue weighted by atomic mass is 32.2. The summed E-state index contributed by atoms with van der Waals surface area (Å²) in [7, 11) is 0. The van der Waals surface area contributed by atoms with Crippen molar-refractivity contribution >= 4 is 17.7 Å². The van der Waals surface area contributed by atoms with Crippen LogP contribution in [0.25, 0.3) is 5.69 Å². The number of hydrogen-bond acceptors (Lipinski definition) is 5. The maximum absolute atomic E-state index is 12.2. The molecule has 1 aromatic heterocycles. The maximum Gasteiger partial charge on any atom is 0.230 e. The summed E-state index contributed by atoms with van der Waals surface area (Å²) in [5, 5.41) is 15.6. The first-order valence-corrected chi connectivity index (χ1v) is 9.64. The van der Waals surface area contributed by atoms with Gasteiger partial charge in [-0.3, -0.25) is 4.79 Å². The molecule has 0 unspecified atom stereocenters. The number of aromatic nitrogens is 4. The van der Waals surface area contributed by atoms with Gasteiger partial charge in [0, 0.05) is 6.04 Å². The first-order chi connectivity index (χ1) is 11.9. The normalized spacial score (nSPS) is 12.4. The van der Waals surface area contributed by atoms with Gasteiger partial charge in [-0.25, -0.2) is 0 Å². The number of nitrogens with zero attached hydrogens (tertiary/aromatic N) is 4. The van der Waals surface area contributed by atoms with Gasteiger partial charge < -0.3 is 5.32 Å². The van der Waals surface area contributed by atoms with E-state index < -0.39 is 0 Å². The second-order valence-corrected chi connectivity index (χ2v) is 7.76. The molecule has 1 amide bonds. The molecule has 0 saturated carbocycles. The molecule has 0 spiro atoms. The Hall–Kier alpha value is -1.89. The standard InChI is InChI=1S/C18H27N5OS/c1-12(2)9-10-14(4)19-17(24)11-25-18-20-21-22-23(18)16-8-6-7-13(3)15(16)5/h6-8,12,14H,9-11H2,1-5H3,(H,19,24)/t14-/m1/s1.